The van der Waals surface area contributed by atoms with E-state index < -0.39 is 0 Å². The topological polar surface area (TPSA) is 49.9 Å². The Morgan fingerprint density at radius 2 is 1.82 bits per heavy atom. The second-order valence-electron chi connectivity index (χ2n) is 8.31. The Hall–Kier alpha value is -2.25. The van der Waals surface area contributed by atoms with Gasteiger partial charge in [0.2, 0.25) is 11.8 Å². The number of carbonyl (C=O) groups excluding carboxylic acids is 2. The van der Waals surface area contributed by atoms with Gasteiger partial charge in [0.25, 0.3) is 0 Å². The van der Waals surface area contributed by atoms with Crippen molar-refractivity contribution in [1.29, 1.82) is 0 Å². The predicted octanol–water partition coefficient (Wildman–Crippen LogP) is 5.50. The maximum atomic E-state index is 13.4. The van der Waals surface area contributed by atoms with Crippen LogP contribution in [0.25, 0.3) is 0 Å². The quantitative estimate of drug-likeness (QED) is 0.319. The van der Waals surface area contributed by atoms with Gasteiger partial charge in [-0.15, -0.1) is 11.3 Å². The highest BCUT2D eigenvalue weighted by Gasteiger charge is 2.26. The number of ether oxygens (including phenoxy) is 1. The van der Waals surface area contributed by atoms with Crippen LogP contribution in [0.5, 0.6) is 0 Å². The number of carbonyl (C=O) groups is 2. The lowest BCUT2D eigenvalue weighted by Crippen LogP contribution is -2.45. The number of unbranched alkanes of at least 4 members (excludes halogenated alkanes) is 1. The Labute approximate surface area is 201 Å². The maximum absolute atomic E-state index is 13.4. The Kier molecular flexibility index (Phi) is 12.1. The van der Waals surface area contributed by atoms with Crippen molar-refractivity contribution < 1.29 is 18.7 Å². The average molecular weight is 477 g/mol. The number of rotatable bonds is 15. The van der Waals surface area contributed by atoms with Crippen molar-refractivity contribution >= 4 is 23.2 Å². The zero-order valence-electron chi connectivity index (χ0n) is 20.1. The van der Waals surface area contributed by atoms with E-state index in [-0.39, 0.29) is 30.1 Å². The van der Waals surface area contributed by atoms with Crippen molar-refractivity contribution in [3.63, 3.8) is 0 Å². The molecule has 0 bridgehead atoms. The van der Waals surface area contributed by atoms with Crippen molar-refractivity contribution in [3.05, 3.63) is 58.0 Å². The van der Waals surface area contributed by atoms with Crippen molar-refractivity contribution in [2.45, 2.75) is 59.0 Å². The number of benzene rings is 1. The van der Waals surface area contributed by atoms with E-state index in [1.807, 2.05) is 24.4 Å². The highest BCUT2D eigenvalue weighted by atomic mass is 32.1. The third kappa shape index (κ3) is 9.26. The molecule has 0 unspecified atom stereocenters. The van der Waals surface area contributed by atoms with E-state index in [9.17, 15) is 14.0 Å². The monoisotopic (exact) mass is 476 g/mol. The number of halogens is 1. The Bertz CT molecular complexity index is 827. The van der Waals surface area contributed by atoms with Gasteiger partial charge in [-0.3, -0.25) is 9.59 Å². The van der Waals surface area contributed by atoms with Crippen molar-refractivity contribution in [1.82, 2.24) is 9.80 Å². The van der Waals surface area contributed by atoms with E-state index in [0.29, 0.717) is 32.7 Å². The minimum atomic E-state index is -0.303. The summed E-state index contributed by atoms with van der Waals surface area (Å²) in [5.74, 6) is -0.428. The molecule has 0 fully saturated rings. The first-order valence-corrected chi connectivity index (χ1v) is 12.7. The van der Waals surface area contributed by atoms with Crippen LogP contribution in [0.15, 0.2) is 41.8 Å². The highest BCUT2D eigenvalue weighted by molar-refractivity contribution is 7.09. The average Bonchev–Trinajstić information content (AvgIpc) is 3.33. The number of hydrogen-bond acceptors (Lipinski definition) is 4. The molecule has 2 amide bonds. The molecule has 0 aliphatic rings. The van der Waals surface area contributed by atoms with Gasteiger partial charge in [0.05, 0.1) is 13.1 Å². The first-order chi connectivity index (χ1) is 16.0. The molecule has 0 saturated carbocycles. The molecule has 33 heavy (non-hydrogen) atoms. The molecule has 0 saturated heterocycles. The van der Waals surface area contributed by atoms with Gasteiger partial charge in [-0.1, -0.05) is 44.9 Å². The molecular formula is C26H37FN2O3S. The lowest BCUT2D eigenvalue weighted by atomic mass is 9.97. The third-order valence-electron chi connectivity index (χ3n) is 5.73. The molecule has 0 aliphatic carbocycles. The van der Waals surface area contributed by atoms with E-state index in [1.165, 1.54) is 12.1 Å². The Morgan fingerprint density at radius 3 is 2.42 bits per heavy atom. The molecular weight excluding hydrogens is 439 g/mol. The molecule has 2 aromatic rings. The van der Waals surface area contributed by atoms with Crippen LogP contribution in [-0.4, -0.2) is 48.4 Å². The van der Waals surface area contributed by atoms with E-state index in [4.69, 9.17) is 4.74 Å². The molecule has 1 atom stereocenters. The van der Waals surface area contributed by atoms with Gasteiger partial charge >= 0.3 is 0 Å². The Balaban J connectivity index is 2.17. The fourth-order valence-corrected chi connectivity index (χ4v) is 4.49. The van der Waals surface area contributed by atoms with Crippen LogP contribution in [0.2, 0.25) is 0 Å². The molecule has 1 heterocycles. The van der Waals surface area contributed by atoms with Crippen molar-refractivity contribution in [2.75, 3.05) is 26.8 Å². The molecule has 0 N–H and O–H groups in total. The summed E-state index contributed by atoms with van der Waals surface area (Å²) in [5.41, 5.74) is 0.855. The molecule has 2 rings (SSSR count). The highest BCUT2D eigenvalue weighted by Crippen LogP contribution is 2.19. The molecule has 0 spiro atoms. The third-order valence-corrected chi connectivity index (χ3v) is 6.59. The molecule has 182 valence electrons. The molecule has 1 aromatic carbocycles. The van der Waals surface area contributed by atoms with Crippen LogP contribution in [0.4, 0.5) is 4.39 Å². The number of amides is 2. The van der Waals surface area contributed by atoms with E-state index in [1.54, 1.807) is 40.4 Å². The second kappa shape index (κ2) is 14.8. The number of methoxy groups -OCH3 is 1. The fourth-order valence-electron chi connectivity index (χ4n) is 3.77. The standard InChI is InChI=1S/C26H37FN2O3S/c1-4-6-9-22(5-2)26(31)28(15-8-16-32-3)20-25(30)29(19-24-10-7-17-33-24)18-21-11-13-23(27)14-12-21/h7,10-14,17,22H,4-6,8-9,15-16,18-20H2,1-3H3/t22-/m0/s1. The lowest BCUT2D eigenvalue weighted by Gasteiger charge is -2.30. The van der Waals surface area contributed by atoms with Crippen molar-refractivity contribution in [2.24, 2.45) is 5.92 Å². The zero-order valence-corrected chi connectivity index (χ0v) is 20.9. The summed E-state index contributed by atoms with van der Waals surface area (Å²) in [6, 6.07) is 10.2. The normalized spacial score (nSPS) is 11.9. The van der Waals surface area contributed by atoms with Gasteiger partial charge in [-0.2, -0.15) is 0 Å². The first-order valence-electron chi connectivity index (χ1n) is 11.8. The van der Waals surface area contributed by atoms with Gasteiger partial charge in [-0.25, -0.2) is 4.39 Å². The summed E-state index contributed by atoms with van der Waals surface area (Å²) in [6.45, 7) is 6.05. The largest absolute Gasteiger partial charge is 0.385 e. The summed E-state index contributed by atoms with van der Waals surface area (Å²) < 4.78 is 18.5. The van der Waals surface area contributed by atoms with Gasteiger partial charge < -0.3 is 14.5 Å². The van der Waals surface area contributed by atoms with Gasteiger partial charge in [0.15, 0.2) is 0 Å². The van der Waals surface area contributed by atoms with Crippen LogP contribution in [0.1, 0.15) is 56.4 Å². The smallest absolute Gasteiger partial charge is 0.242 e. The molecule has 1 aromatic heterocycles. The number of hydrogen-bond donors (Lipinski definition) is 0. The van der Waals surface area contributed by atoms with Crippen LogP contribution in [-0.2, 0) is 27.4 Å². The SMILES string of the molecule is CCCC[C@H](CC)C(=O)N(CCCOC)CC(=O)N(Cc1ccc(F)cc1)Cc1cccs1. The van der Waals surface area contributed by atoms with Gasteiger partial charge in [0.1, 0.15) is 5.82 Å². The minimum Gasteiger partial charge on any atom is -0.385 e. The molecule has 0 aliphatic heterocycles. The minimum absolute atomic E-state index is 0.0394. The molecule has 7 heteroatoms. The van der Waals surface area contributed by atoms with Gasteiger partial charge in [-0.05, 0) is 48.4 Å². The van der Waals surface area contributed by atoms with E-state index in [0.717, 1.165) is 36.1 Å². The second-order valence-corrected chi connectivity index (χ2v) is 9.34. The predicted molar refractivity (Wildman–Crippen MR) is 131 cm³/mol. The van der Waals surface area contributed by atoms with E-state index >= 15 is 0 Å². The van der Waals surface area contributed by atoms with Crippen LogP contribution in [0.3, 0.4) is 0 Å². The summed E-state index contributed by atoms with van der Waals surface area (Å²) in [7, 11) is 1.64. The van der Waals surface area contributed by atoms with Crippen LogP contribution in [0, 0.1) is 11.7 Å². The van der Waals surface area contributed by atoms with E-state index in [2.05, 4.69) is 6.92 Å². The van der Waals surface area contributed by atoms with Crippen LogP contribution >= 0.6 is 11.3 Å². The summed E-state index contributed by atoms with van der Waals surface area (Å²) in [4.78, 5) is 31.3. The Morgan fingerprint density at radius 1 is 1.06 bits per heavy atom. The zero-order chi connectivity index (χ0) is 24.1. The fraction of sp³-hybridized carbons (Fsp3) is 0.538. The molecule has 5 nitrogen and oxygen atoms in total. The van der Waals surface area contributed by atoms with Crippen molar-refractivity contribution in [3.8, 4) is 0 Å². The summed E-state index contributed by atoms with van der Waals surface area (Å²) in [6.07, 6.45) is 4.33. The first kappa shape index (κ1) is 27.0. The summed E-state index contributed by atoms with van der Waals surface area (Å²) in [5, 5.41) is 1.98. The summed E-state index contributed by atoms with van der Waals surface area (Å²) >= 11 is 1.59. The molecule has 0 radical (unpaired) electrons. The number of thiophene rings is 1. The van der Waals surface area contributed by atoms with Gasteiger partial charge in [0, 0.05) is 37.6 Å². The lowest BCUT2D eigenvalue weighted by molar-refractivity contribution is -0.144. The van der Waals surface area contributed by atoms with Crippen LogP contribution < -0.4 is 0 Å². The number of nitrogens with zero attached hydrogens (tertiary/aromatic N) is 2. The maximum Gasteiger partial charge on any atom is 0.242 e.